The van der Waals surface area contributed by atoms with E-state index in [2.05, 4.69) is 9.71 Å². The molecule has 0 atom stereocenters. The van der Waals surface area contributed by atoms with Gasteiger partial charge in [0, 0.05) is 11.9 Å². The third-order valence-corrected chi connectivity index (χ3v) is 1.10. The summed E-state index contributed by atoms with van der Waals surface area (Å²) in [5.41, 5.74) is 10.5. The monoisotopic (exact) mass is 117 g/mol. The average Bonchev–Trinajstić information content (AvgIpc) is 1.84. The molecule has 0 fully saturated rings. The van der Waals surface area contributed by atoms with Crippen molar-refractivity contribution in [1.29, 1.82) is 0 Å². The predicted molar refractivity (Wildman–Crippen MR) is 29.3 cm³/mol. The largest absolute Gasteiger partial charge is 0.284 e. The Kier molecular flexibility index (Phi) is 0.949. The summed E-state index contributed by atoms with van der Waals surface area (Å²) >= 11 is 1.06. The van der Waals surface area contributed by atoms with Crippen molar-refractivity contribution >= 4 is 18.3 Å². The fourth-order valence-corrected chi connectivity index (χ4v) is 0.603. The van der Waals surface area contributed by atoms with Crippen molar-refractivity contribution in [3.05, 3.63) is 0 Å². The van der Waals surface area contributed by atoms with E-state index < -0.39 is 5.12 Å². The van der Waals surface area contributed by atoms with E-state index in [0.29, 0.717) is 0 Å². The van der Waals surface area contributed by atoms with Gasteiger partial charge in [-0.1, -0.05) is 0 Å². The maximum atomic E-state index is 5.23. The van der Waals surface area contributed by atoms with E-state index in [1.807, 2.05) is 0 Å². The molecule has 39 valence electrons. The second-order valence-electron chi connectivity index (χ2n) is 1.19. The molecular weight excluding hydrogens is 112 g/mol. The Balaban J connectivity index is 2.49. The first kappa shape index (κ1) is 4.89. The van der Waals surface area contributed by atoms with Crippen LogP contribution in [0.2, 0.25) is 0 Å². The van der Waals surface area contributed by atoms with Gasteiger partial charge in [0.05, 0.1) is 0 Å². The highest BCUT2D eigenvalue weighted by Crippen LogP contribution is 2.15. The van der Waals surface area contributed by atoms with Gasteiger partial charge in [0.15, 0.2) is 0 Å². The first-order chi connectivity index (χ1) is 3.21. The van der Waals surface area contributed by atoms with Crippen LogP contribution in [0.15, 0.2) is 4.40 Å². The van der Waals surface area contributed by atoms with E-state index in [1.54, 1.807) is 0 Å². The molecule has 1 radical (unpaired) electrons. The number of hydrogen-bond acceptors (Lipinski definition) is 4. The molecule has 0 aromatic heterocycles. The van der Waals surface area contributed by atoms with Crippen molar-refractivity contribution in [2.45, 2.75) is 5.12 Å². The lowest BCUT2D eigenvalue weighted by Gasteiger charge is -2.10. The summed E-state index contributed by atoms with van der Waals surface area (Å²) in [6, 6.07) is 0. The lowest BCUT2D eigenvalue weighted by Crippen LogP contribution is -2.51. The van der Waals surface area contributed by atoms with Crippen LogP contribution in [0.25, 0.3) is 0 Å². The molecule has 0 unspecified atom stereocenters. The van der Waals surface area contributed by atoms with Crippen molar-refractivity contribution in [1.82, 2.24) is 5.32 Å². The third-order valence-electron chi connectivity index (χ3n) is 0.506. The smallest absolute Gasteiger partial charge is 0.231 e. The fourth-order valence-electron chi connectivity index (χ4n) is 0.245. The minimum absolute atomic E-state index is 0.986. The average molecular weight is 117 g/mol. The summed E-state index contributed by atoms with van der Waals surface area (Å²) in [6.07, 6.45) is 1.35. The van der Waals surface area contributed by atoms with Gasteiger partial charge in [-0.25, -0.2) is 5.32 Å². The molecule has 1 heterocycles. The molecule has 5 heteroatoms. The molecule has 1 rings (SSSR count). The van der Waals surface area contributed by atoms with Gasteiger partial charge in [-0.2, -0.15) is 4.40 Å². The van der Waals surface area contributed by atoms with Gasteiger partial charge < -0.3 is 0 Å². The highest BCUT2D eigenvalue weighted by molar-refractivity contribution is 7.99. The van der Waals surface area contributed by atoms with Crippen molar-refractivity contribution < 1.29 is 0 Å². The summed E-state index contributed by atoms with van der Waals surface area (Å²) in [4.78, 5) is 0. The number of rotatable bonds is 0. The van der Waals surface area contributed by atoms with Crippen LogP contribution in [-0.2, 0) is 0 Å². The van der Waals surface area contributed by atoms with Crippen LogP contribution < -0.4 is 16.8 Å². The second-order valence-corrected chi connectivity index (χ2v) is 2.24. The summed E-state index contributed by atoms with van der Waals surface area (Å²) in [6.45, 7) is 0. The zero-order valence-electron chi connectivity index (χ0n) is 3.53. The molecule has 4 N–H and O–H groups in total. The molecule has 1 aliphatic rings. The molecule has 4 nitrogen and oxygen atoms in total. The quantitative estimate of drug-likeness (QED) is 0.309. The molecule has 7 heavy (non-hydrogen) atoms. The molecule has 0 amide bonds. The molecule has 0 saturated heterocycles. The predicted octanol–water partition coefficient (Wildman–Crippen LogP) is -1.19. The molecule has 0 aliphatic carbocycles. The van der Waals surface area contributed by atoms with Gasteiger partial charge in [0.1, 0.15) is 6.34 Å². The Hall–Kier alpha value is -0.260. The van der Waals surface area contributed by atoms with Crippen molar-refractivity contribution in [2.24, 2.45) is 15.9 Å². The minimum atomic E-state index is -0.986. The van der Waals surface area contributed by atoms with Gasteiger partial charge in [-0.15, -0.1) is 0 Å². The second kappa shape index (κ2) is 1.36. The van der Waals surface area contributed by atoms with E-state index in [0.717, 1.165) is 11.9 Å². The maximum Gasteiger partial charge on any atom is 0.231 e. The van der Waals surface area contributed by atoms with Crippen LogP contribution in [0, 0.1) is 0 Å². The normalized spacial score (nSPS) is 24.9. The molecule has 0 aromatic rings. The first-order valence-corrected chi connectivity index (χ1v) is 2.48. The van der Waals surface area contributed by atoms with Crippen LogP contribution in [0.5, 0.6) is 0 Å². The van der Waals surface area contributed by atoms with Crippen LogP contribution in [0.1, 0.15) is 0 Å². The Bertz CT molecular complexity index is 87.9. The van der Waals surface area contributed by atoms with E-state index >= 15 is 0 Å². The summed E-state index contributed by atoms with van der Waals surface area (Å²) in [5.74, 6) is 0. The van der Waals surface area contributed by atoms with Crippen molar-refractivity contribution in [3.63, 3.8) is 0 Å². The van der Waals surface area contributed by atoms with Crippen molar-refractivity contribution in [2.75, 3.05) is 0 Å². The van der Waals surface area contributed by atoms with Crippen LogP contribution in [-0.4, -0.2) is 11.5 Å². The van der Waals surface area contributed by atoms with Crippen molar-refractivity contribution in [3.8, 4) is 0 Å². The van der Waals surface area contributed by atoms with Gasteiger partial charge in [0.25, 0.3) is 0 Å². The van der Waals surface area contributed by atoms with E-state index in [9.17, 15) is 0 Å². The van der Waals surface area contributed by atoms with E-state index in [-0.39, 0.29) is 0 Å². The Morgan fingerprint density at radius 3 is 2.43 bits per heavy atom. The summed E-state index contributed by atoms with van der Waals surface area (Å²) in [5, 5.41) is 2.61. The van der Waals surface area contributed by atoms with Crippen LogP contribution in [0.4, 0.5) is 0 Å². The van der Waals surface area contributed by atoms with Gasteiger partial charge >= 0.3 is 0 Å². The summed E-state index contributed by atoms with van der Waals surface area (Å²) in [7, 11) is 0. The Morgan fingerprint density at radius 2 is 2.29 bits per heavy atom. The van der Waals surface area contributed by atoms with E-state index in [4.69, 9.17) is 11.5 Å². The molecule has 0 saturated carbocycles. The zero-order valence-corrected chi connectivity index (χ0v) is 4.35. The lowest BCUT2D eigenvalue weighted by molar-refractivity contribution is 0.609. The highest BCUT2D eigenvalue weighted by Gasteiger charge is 2.23. The molecule has 0 aromatic carbocycles. The summed E-state index contributed by atoms with van der Waals surface area (Å²) < 4.78 is 3.61. The Morgan fingerprint density at radius 1 is 1.57 bits per heavy atom. The third kappa shape index (κ3) is 1.05. The first-order valence-electron chi connectivity index (χ1n) is 1.70. The van der Waals surface area contributed by atoms with Gasteiger partial charge in [-0.05, 0) is 0 Å². The molecule has 1 aliphatic heterocycles. The standard InChI is InChI=1S/C2H5N4S/c3-2(4)5-1-6-7-2/h1H,3-4H2. The van der Waals surface area contributed by atoms with Gasteiger partial charge in [-0.3, -0.25) is 11.5 Å². The fraction of sp³-hybridized carbons (Fsp3) is 0.500. The number of nitrogens with two attached hydrogens (primary N) is 2. The Labute approximate surface area is 45.5 Å². The number of nitrogens with zero attached hydrogens (tertiary/aromatic N) is 2. The van der Waals surface area contributed by atoms with Crippen LogP contribution >= 0.6 is 11.9 Å². The zero-order chi connectivity index (χ0) is 5.33. The topological polar surface area (TPSA) is 78.5 Å². The minimum Gasteiger partial charge on any atom is -0.284 e. The van der Waals surface area contributed by atoms with Gasteiger partial charge in [0.2, 0.25) is 5.12 Å². The molecule has 0 bridgehead atoms. The van der Waals surface area contributed by atoms with Crippen LogP contribution in [0.3, 0.4) is 0 Å². The molecular formula is C2H5N4S. The molecule has 0 spiro atoms. The maximum absolute atomic E-state index is 5.23. The van der Waals surface area contributed by atoms with E-state index in [1.165, 1.54) is 6.34 Å². The highest BCUT2D eigenvalue weighted by atomic mass is 32.2. The SMILES string of the molecule is NC1(N)[N]C=NS1. The number of hydrogen-bond donors (Lipinski definition) is 2. The lowest BCUT2D eigenvalue weighted by atomic mass is 10.9.